The standard InChI is InChI=1S/C24H19FN4OS/c1-15-23-21(13-28(15)14-26)29(23)24(30)17-4-2-16(3-5-17)20-12-27-11-10-22(20)31-19-8-6-18(25)7-9-19/h2-12,15,21,23H,13H2,1H3/t15?,21?,23-,29?/m0/s1. The molecule has 0 N–H and O–H groups in total. The zero-order valence-electron chi connectivity index (χ0n) is 16.8. The third-order valence-corrected chi connectivity index (χ3v) is 7.06. The molecule has 5 rings (SSSR count). The Hall–Kier alpha value is -3.37. The minimum absolute atomic E-state index is 0.0121. The van der Waals surface area contributed by atoms with Gasteiger partial charge in [-0.1, -0.05) is 23.9 Å². The molecule has 2 aromatic carbocycles. The van der Waals surface area contributed by atoms with E-state index in [4.69, 9.17) is 5.26 Å². The third-order valence-electron chi connectivity index (χ3n) is 5.98. The predicted molar refractivity (Wildman–Crippen MR) is 116 cm³/mol. The van der Waals surface area contributed by atoms with Crippen LogP contribution in [-0.2, 0) is 0 Å². The van der Waals surface area contributed by atoms with Crippen LogP contribution in [0.5, 0.6) is 0 Å². The van der Waals surface area contributed by atoms with Gasteiger partial charge in [0, 0.05) is 33.3 Å². The molecule has 0 radical (unpaired) electrons. The van der Waals surface area contributed by atoms with Crippen LogP contribution >= 0.6 is 11.8 Å². The van der Waals surface area contributed by atoms with Gasteiger partial charge >= 0.3 is 0 Å². The van der Waals surface area contributed by atoms with Gasteiger partial charge in [0.05, 0.1) is 24.7 Å². The van der Waals surface area contributed by atoms with Gasteiger partial charge in [0.1, 0.15) is 5.82 Å². The minimum atomic E-state index is -0.259. The molecule has 1 aromatic heterocycles. The van der Waals surface area contributed by atoms with Crippen molar-refractivity contribution < 1.29 is 9.18 Å². The number of hydrogen-bond donors (Lipinski definition) is 0. The summed E-state index contributed by atoms with van der Waals surface area (Å²) in [5.74, 6) is -0.247. The van der Waals surface area contributed by atoms with E-state index < -0.39 is 0 Å². The van der Waals surface area contributed by atoms with Gasteiger partial charge in [-0.15, -0.1) is 0 Å². The van der Waals surface area contributed by atoms with Crippen molar-refractivity contribution in [2.24, 2.45) is 0 Å². The first kappa shape index (κ1) is 19.6. The lowest BCUT2D eigenvalue weighted by Gasteiger charge is -2.21. The van der Waals surface area contributed by atoms with E-state index >= 15 is 0 Å². The number of nitrogens with zero attached hydrogens (tertiary/aromatic N) is 4. The second-order valence-electron chi connectivity index (χ2n) is 7.77. The molecule has 2 aliphatic heterocycles. The van der Waals surface area contributed by atoms with Crippen molar-refractivity contribution in [1.29, 1.82) is 5.26 Å². The summed E-state index contributed by atoms with van der Waals surface area (Å²) in [4.78, 5) is 22.7. The maximum absolute atomic E-state index is 13.2. The number of halogens is 1. The smallest absolute Gasteiger partial charge is 0.254 e. The Kier molecular flexibility index (Phi) is 4.87. The van der Waals surface area contributed by atoms with E-state index in [1.54, 1.807) is 41.2 Å². The summed E-state index contributed by atoms with van der Waals surface area (Å²) in [6.45, 7) is 2.61. The molecule has 0 spiro atoms. The summed E-state index contributed by atoms with van der Waals surface area (Å²) in [6, 6.07) is 16.2. The van der Waals surface area contributed by atoms with Gasteiger partial charge in [-0.25, -0.2) is 4.39 Å². The molecule has 0 aliphatic carbocycles. The Labute approximate surface area is 184 Å². The van der Waals surface area contributed by atoms with Crippen molar-refractivity contribution in [2.45, 2.75) is 34.8 Å². The van der Waals surface area contributed by atoms with Crippen molar-refractivity contribution in [3.63, 3.8) is 0 Å². The summed E-state index contributed by atoms with van der Waals surface area (Å²) in [5.41, 5.74) is 2.56. The van der Waals surface area contributed by atoms with E-state index in [9.17, 15) is 9.18 Å². The number of likely N-dealkylation sites (tertiary alicyclic amines) is 1. The number of nitriles is 1. The molecule has 3 aromatic rings. The summed E-state index contributed by atoms with van der Waals surface area (Å²) in [5, 5.41) is 9.13. The van der Waals surface area contributed by atoms with Gasteiger partial charge in [0.2, 0.25) is 0 Å². The number of pyridine rings is 1. The highest BCUT2D eigenvalue weighted by Gasteiger charge is 2.60. The van der Waals surface area contributed by atoms with E-state index in [2.05, 4.69) is 11.2 Å². The third kappa shape index (κ3) is 3.53. The van der Waals surface area contributed by atoms with Gasteiger partial charge in [0.25, 0.3) is 5.91 Å². The molecule has 0 saturated carbocycles. The summed E-state index contributed by atoms with van der Waals surface area (Å²) in [7, 11) is 0. The number of aromatic nitrogens is 1. The predicted octanol–water partition coefficient (Wildman–Crippen LogP) is 4.42. The van der Waals surface area contributed by atoms with Gasteiger partial charge in [-0.3, -0.25) is 9.78 Å². The van der Waals surface area contributed by atoms with Gasteiger partial charge in [0.15, 0.2) is 6.19 Å². The fourth-order valence-corrected chi connectivity index (χ4v) is 5.21. The van der Waals surface area contributed by atoms with Crippen LogP contribution in [0.4, 0.5) is 4.39 Å². The average Bonchev–Trinajstić information content (AvgIpc) is 3.42. The van der Waals surface area contributed by atoms with E-state index in [1.165, 1.54) is 12.1 Å². The number of amides is 1. The van der Waals surface area contributed by atoms with E-state index in [-0.39, 0.29) is 29.8 Å². The van der Waals surface area contributed by atoms with Gasteiger partial charge in [-0.2, -0.15) is 5.26 Å². The summed E-state index contributed by atoms with van der Waals surface area (Å²) in [6.07, 6.45) is 5.73. The number of hydrogen-bond acceptors (Lipinski definition) is 5. The van der Waals surface area contributed by atoms with Gasteiger partial charge in [-0.05, 0) is 55.0 Å². The molecule has 5 nitrogen and oxygen atoms in total. The molecule has 2 saturated heterocycles. The van der Waals surface area contributed by atoms with E-state index in [0.29, 0.717) is 12.1 Å². The van der Waals surface area contributed by atoms with E-state index in [1.807, 2.05) is 42.2 Å². The van der Waals surface area contributed by atoms with Crippen molar-refractivity contribution in [1.82, 2.24) is 14.8 Å². The topological polar surface area (TPSA) is 60.0 Å². The highest BCUT2D eigenvalue weighted by molar-refractivity contribution is 7.99. The number of carbonyl (C=O) groups excluding carboxylic acids is 1. The molecule has 31 heavy (non-hydrogen) atoms. The van der Waals surface area contributed by atoms with Crippen LogP contribution in [-0.4, -0.2) is 45.4 Å². The van der Waals surface area contributed by atoms with Crippen molar-refractivity contribution in [3.8, 4) is 17.3 Å². The Morgan fingerprint density at radius 2 is 1.90 bits per heavy atom. The van der Waals surface area contributed by atoms with Crippen LogP contribution in [0.15, 0.2) is 76.8 Å². The maximum Gasteiger partial charge on any atom is 0.254 e. The fourth-order valence-electron chi connectivity index (χ4n) is 4.28. The molecule has 0 bridgehead atoms. The lowest BCUT2D eigenvalue weighted by molar-refractivity contribution is 0.0832. The largest absolute Gasteiger partial charge is 0.324 e. The Morgan fingerprint density at radius 3 is 2.55 bits per heavy atom. The second kappa shape index (κ2) is 7.71. The van der Waals surface area contributed by atoms with Crippen molar-refractivity contribution in [3.05, 3.63) is 78.4 Å². The Bertz CT molecular complexity index is 1180. The van der Waals surface area contributed by atoms with Gasteiger partial charge < -0.3 is 9.80 Å². The molecule has 7 heteroatoms. The Morgan fingerprint density at radius 1 is 1.16 bits per heavy atom. The normalized spacial score (nSPS) is 21.5. The maximum atomic E-state index is 13.2. The molecule has 3 atom stereocenters. The number of rotatable bonds is 4. The highest BCUT2D eigenvalue weighted by atomic mass is 32.2. The van der Waals surface area contributed by atoms with Crippen LogP contribution in [0.2, 0.25) is 0 Å². The monoisotopic (exact) mass is 430 g/mol. The summed E-state index contributed by atoms with van der Waals surface area (Å²) < 4.78 is 13.2. The number of carbonyl (C=O) groups is 1. The highest BCUT2D eigenvalue weighted by Crippen LogP contribution is 2.41. The molecular formula is C24H19FN4OS. The minimum Gasteiger partial charge on any atom is -0.324 e. The zero-order chi connectivity index (χ0) is 21.5. The molecule has 2 unspecified atom stereocenters. The van der Waals surface area contributed by atoms with Crippen LogP contribution in [0.1, 0.15) is 17.3 Å². The molecular weight excluding hydrogens is 411 g/mol. The zero-order valence-corrected chi connectivity index (χ0v) is 17.6. The van der Waals surface area contributed by atoms with E-state index in [0.717, 1.165) is 20.9 Å². The second-order valence-corrected chi connectivity index (χ2v) is 8.88. The molecule has 154 valence electrons. The lowest BCUT2D eigenvalue weighted by atomic mass is 10.1. The average molecular weight is 431 g/mol. The first-order chi connectivity index (χ1) is 15.1. The number of benzene rings is 2. The van der Waals surface area contributed by atoms with Crippen molar-refractivity contribution in [2.75, 3.05) is 6.54 Å². The SMILES string of the molecule is CC1[C@H]2C(CN1C#N)N2C(=O)c1ccc(-c2cnccc2Sc2ccc(F)cc2)cc1. The molecule has 1 amide bonds. The van der Waals surface area contributed by atoms with Crippen LogP contribution in [0.3, 0.4) is 0 Å². The van der Waals surface area contributed by atoms with Crippen molar-refractivity contribution >= 4 is 17.7 Å². The Balaban J connectivity index is 1.34. The lowest BCUT2D eigenvalue weighted by Crippen LogP contribution is -2.35. The molecule has 2 aliphatic rings. The first-order valence-electron chi connectivity index (χ1n) is 10.0. The van der Waals surface area contributed by atoms with Crippen LogP contribution in [0.25, 0.3) is 11.1 Å². The molecule has 2 fully saturated rings. The number of fused-ring (bicyclic) bond motifs is 1. The quantitative estimate of drug-likeness (QED) is 0.453. The summed E-state index contributed by atoms with van der Waals surface area (Å²) >= 11 is 1.54. The molecule has 3 heterocycles. The fraction of sp³-hybridized carbons (Fsp3) is 0.208. The first-order valence-corrected chi connectivity index (χ1v) is 10.9. The number of piperazine rings is 1. The van der Waals surface area contributed by atoms with Crippen LogP contribution in [0, 0.1) is 17.3 Å². The van der Waals surface area contributed by atoms with Crippen LogP contribution < -0.4 is 0 Å².